The van der Waals surface area contributed by atoms with Crippen LogP contribution in [0.2, 0.25) is 0 Å². The van der Waals surface area contributed by atoms with Crippen LogP contribution < -0.4 is 5.32 Å². The maximum absolute atomic E-state index is 12.2. The smallest absolute Gasteiger partial charge is 0.224 e. The molecule has 2 aliphatic rings. The molecule has 1 heterocycles. The Labute approximate surface area is 143 Å². The molecule has 1 atom stereocenters. The van der Waals surface area contributed by atoms with Crippen molar-refractivity contribution in [2.45, 2.75) is 51.0 Å². The minimum atomic E-state index is -0.0371. The zero-order chi connectivity index (χ0) is 16.8. The van der Waals surface area contributed by atoms with Crippen LogP contribution in [0.15, 0.2) is 42.0 Å². The van der Waals surface area contributed by atoms with E-state index in [1.165, 1.54) is 24.0 Å². The first-order valence-corrected chi connectivity index (χ1v) is 8.99. The zero-order valence-electron chi connectivity index (χ0n) is 14.2. The van der Waals surface area contributed by atoms with Crippen LogP contribution in [0.1, 0.15) is 44.1 Å². The summed E-state index contributed by atoms with van der Waals surface area (Å²) in [6.07, 6.45) is 8.55. The quantitative estimate of drug-likeness (QED) is 0.817. The lowest BCUT2D eigenvalue weighted by molar-refractivity contribution is -0.127. The fourth-order valence-corrected chi connectivity index (χ4v) is 3.54. The molecular weight excluding hydrogens is 300 g/mol. The van der Waals surface area contributed by atoms with Crippen LogP contribution in [0, 0.1) is 0 Å². The number of rotatable bonds is 6. The third kappa shape index (κ3) is 4.70. The molecule has 1 N–H and O–H groups in total. The van der Waals surface area contributed by atoms with Crippen LogP contribution in [0.4, 0.5) is 0 Å². The summed E-state index contributed by atoms with van der Waals surface area (Å²) in [5.74, 6) is 0.207. The van der Waals surface area contributed by atoms with Gasteiger partial charge in [-0.15, -0.1) is 0 Å². The number of allylic oxidation sites excluding steroid dienone is 1. The van der Waals surface area contributed by atoms with Crippen molar-refractivity contribution in [2.24, 2.45) is 0 Å². The van der Waals surface area contributed by atoms with Gasteiger partial charge in [-0.2, -0.15) is 0 Å². The van der Waals surface area contributed by atoms with E-state index in [2.05, 4.69) is 23.5 Å². The average molecular weight is 326 g/mol. The summed E-state index contributed by atoms with van der Waals surface area (Å²) in [6.45, 7) is 1.36. The lowest BCUT2D eigenvalue weighted by Crippen LogP contribution is -2.37. The molecule has 24 heavy (non-hydrogen) atoms. The lowest BCUT2D eigenvalue weighted by Gasteiger charge is -2.18. The molecule has 3 rings (SSSR count). The van der Waals surface area contributed by atoms with E-state index in [-0.39, 0.29) is 17.9 Å². The second-order valence-electron chi connectivity index (χ2n) is 6.83. The van der Waals surface area contributed by atoms with Crippen LogP contribution >= 0.6 is 0 Å². The number of amides is 2. The van der Waals surface area contributed by atoms with Crippen LogP contribution in [0.5, 0.6) is 0 Å². The minimum Gasteiger partial charge on any atom is -0.351 e. The second-order valence-corrected chi connectivity index (χ2v) is 6.83. The topological polar surface area (TPSA) is 49.4 Å². The van der Waals surface area contributed by atoms with Gasteiger partial charge in [0.05, 0.1) is 6.04 Å². The van der Waals surface area contributed by atoms with Crippen molar-refractivity contribution in [1.29, 1.82) is 0 Å². The molecule has 1 aromatic carbocycles. The van der Waals surface area contributed by atoms with Gasteiger partial charge in [-0.3, -0.25) is 9.59 Å². The molecule has 1 saturated heterocycles. The van der Waals surface area contributed by atoms with Crippen molar-refractivity contribution in [1.82, 2.24) is 10.2 Å². The van der Waals surface area contributed by atoms with E-state index in [0.717, 1.165) is 25.8 Å². The van der Waals surface area contributed by atoms with Crippen molar-refractivity contribution in [2.75, 3.05) is 13.1 Å². The Morgan fingerprint density at radius 1 is 1.21 bits per heavy atom. The third-order valence-corrected chi connectivity index (χ3v) is 4.87. The molecule has 0 unspecified atom stereocenters. The molecule has 0 aromatic heterocycles. The number of nitrogens with zero attached hydrogens (tertiary/aromatic N) is 1. The maximum atomic E-state index is 12.2. The first-order valence-electron chi connectivity index (χ1n) is 8.99. The van der Waals surface area contributed by atoms with E-state index in [1.807, 2.05) is 23.1 Å². The number of carbonyl (C=O) groups is 2. The second kappa shape index (κ2) is 8.13. The Kier molecular flexibility index (Phi) is 5.68. The van der Waals surface area contributed by atoms with Crippen molar-refractivity contribution < 1.29 is 9.59 Å². The molecular formula is C20H26N2O2. The van der Waals surface area contributed by atoms with E-state index in [4.69, 9.17) is 0 Å². The monoisotopic (exact) mass is 326 g/mol. The van der Waals surface area contributed by atoms with E-state index in [9.17, 15) is 9.59 Å². The van der Waals surface area contributed by atoms with Gasteiger partial charge in [-0.05, 0) is 37.7 Å². The fraction of sp³-hybridized carbons (Fsp3) is 0.500. The molecule has 0 spiro atoms. The SMILES string of the molecule is O=C(CC1=CCCCC1)N[C@@H]1CC(=O)N(CCc2ccccc2)C1. The number of nitrogens with one attached hydrogen (secondary N) is 1. The van der Waals surface area contributed by atoms with Crippen LogP contribution in [-0.2, 0) is 16.0 Å². The van der Waals surface area contributed by atoms with Gasteiger partial charge in [-0.25, -0.2) is 0 Å². The summed E-state index contributed by atoms with van der Waals surface area (Å²) in [4.78, 5) is 26.2. The highest BCUT2D eigenvalue weighted by Crippen LogP contribution is 2.20. The van der Waals surface area contributed by atoms with Gasteiger partial charge in [0.2, 0.25) is 11.8 Å². The summed E-state index contributed by atoms with van der Waals surface area (Å²) < 4.78 is 0. The van der Waals surface area contributed by atoms with Gasteiger partial charge < -0.3 is 10.2 Å². The molecule has 4 nitrogen and oxygen atoms in total. The zero-order valence-corrected chi connectivity index (χ0v) is 14.2. The van der Waals surface area contributed by atoms with Gasteiger partial charge >= 0.3 is 0 Å². The number of hydrogen-bond donors (Lipinski definition) is 1. The molecule has 0 saturated carbocycles. The van der Waals surface area contributed by atoms with E-state index < -0.39 is 0 Å². The Morgan fingerprint density at radius 3 is 2.79 bits per heavy atom. The molecule has 1 aliphatic carbocycles. The van der Waals surface area contributed by atoms with Gasteiger partial charge in [-0.1, -0.05) is 42.0 Å². The summed E-state index contributed by atoms with van der Waals surface area (Å²) in [5.41, 5.74) is 2.49. The Morgan fingerprint density at radius 2 is 2.04 bits per heavy atom. The Hall–Kier alpha value is -2.10. The summed E-state index contributed by atoms with van der Waals surface area (Å²) in [5, 5.41) is 3.04. The molecule has 0 bridgehead atoms. The van der Waals surface area contributed by atoms with Gasteiger partial charge in [0.1, 0.15) is 0 Å². The van der Waals surface area contributed by atoms with Gasteiger partial charge in [0.25, 0.3) is 0 Å². The standard InChI is InChI=1S/C20H26N2O2/c23-19(13-17-9-5-2-6-10-17)21-18-14-20(24)22(15-18)12-11-16-7-3-1-4-8-16/h1,3-4,7-9,18H,2,5-6,10-15H2,(H,21,23)/t18-/m1/s1. The van der Waals surface area contributed by atoms with Crippen molar-refractivity contribution in [3.05, 3.63) is 47.5 Å². The highest BCUT2D eigenvalue weighted by atomic mass is 16.2. The highest BCUT2D eigenvalue weighted by molar-refractivity contribution is 5.83. The van der Waals surface area contributed by atoms with E-state index >= 15 is 0 Å². The first-order chi connectivity index (χ1) is 11.7. The molecule has 4 heteroatoms. The average Bonchev–Trinajstić information content (AvgIpc) is 2.94. The largest absolute Gasteiger partial charge is 0.351 e. The Balaban J connectivity index is 1.44. The summed E-state index contributed by atoms with van der Waals surface area (Å²) in [6, 6.07) is 10.2. The van der Waals surface area contributed by atoms with Gasteiger partial charge in [0, 0.05) is 25.9 Å². The molecule has 2 amide bonds. The number of likely N-dealkylation sites (tertiary alicyclic amines) is 1. The van der Waals surface area contributed by atoms with Crippen LogP contribution in [0.3, 0.4) is 0 Å². The third-order valence-electron chi connectivity index (χ3n) is 4.87. The summed E-state index contributed by atoms with van der Waals surface area (Å²) in [7, 11) is 0. The summed E-state index contributed by atoms with van der Waals surface area (Å²) >= 11 is 0. The molecule has 0 radical (unpaired) electrons. The number of benzene rings is 1. The predicted octanol–water partition coefficient (Wildman–Crippen LogP) is 2.84. The number of carbonyl (C=O) groups excluding carboxylic acids is 2. The molecule has 1 aromatic rings. The normalized spacial score (nSPS) is 20.8. The predicted molar refractivity (Wildman–Crippen MR) is 94.4 cm³/mol. The molecule has 1 fully saturated rings. The highest BCUT2D eigenvalue weighted by Gasteiger charge is 2.30. The van der Waals surface area contributed by atoms with E-state index in [1.54, 1.807) is 0 Å². The van der Waals surface area contributed by atoms with Crippen LogP contribution in [-0.4, -0.2) is 35.8 Å². The van der Waals surface area contributed by atoms with Gasteiger partial charge in [0.15, 0.2) is 0 Å². The van der Waals surface area contributed by atoms with Crippen molar-refractivity contribution in [3.8, 4) is 0 Å². The maximum Gasteiger partial charge on any atom is 0.224 e. The minimum absolute atomic E-state index is 0.0371. The molecule has 1 aliphatic heterocycles. The van der Waals surface area contributed by atoms with Crippen LogP contribution in [0.25, 0.3) is 0 Å². The van der Waals surface area contributed by atoms with Crippen molar-refractivity contribution >= 4 is 11.8 Å². The Bertz CT molecular complexity index is 609. The number of hydrogen-bond acceptors (Lipinski definition) is 2. The lowest BCUT2D eigenvalue weighted by atomic mass is 9.97. The molecule has 128 valence electrons. The fourth-order valence-electron chi connectivity index (χ4n) is 3.54. The van der Waals surface area contributed by atoms with Crippen molar-refractivity contribution in [3.63, 3.8) is 0 Å². The van der Waals surface area contributed by atoms with E-state index in [0.29, 0.717) is 19.4 Å². The first kappa shape index (κ1) is 16.7.